The molecule has 3 heteroatoms. The predicted molar refractivity (Wildman–Crippen MR) is 71.6 cm³/mol. The highest BCUT2D eigenvalue weighted by molar-refractivity contribution is 5.80. The molecule has 0 aliphatic heterocycles. The van der Waals surface area contributed by atoms with Gasteiger partial charge in [-0.15, -0.1) is 0 Å². The number of para-hydroxylation sites is 1. The van der Waals surface area contributed by atoms with E-state index in [0.717, 1.165) is 23.7 Å². The van der Waals surface area contributed by atoms with E-state index in [2.05, 4.69) is 5.32 Å². The highest BCUT2D eigenvalue weighted by atomic mass is 16.3. The van der Waals surface area contributed by atoms with E-state index in [1.54, 1.807) is 12.1 Å². The molecule has 3 aliphatic rings. The lowest BCUT2D eigenvalue weighted by atomic mass is 10.0. The van der Waals surface area contributed by atoms with Crippen molar-refractivity contribution >= 4 is 5.91 Å². The summed E-state index contributed by atoms with van der Waals surface area (Å²) in [6, 6.07) is 7.51. The molecule has 1 aromatic rings. The minimum Gasteiger partial charge on any atom is -0.508 e. The number of aromatic hydroxyl groups is 1. The van der Waals surface area contributed by atoms with Gasteiger partial charge in [0.15, 0.2) is 0 Å². The highest BCUT2D eigenvalue weighted by Crippen LogP contribution is 2.65. The summed E-state index contributed by atoms with van der Waals surface area (Å²) >= 11 is 0. The van der Waals surface area contributed by atoms with Gasteiger partial charge in [0.1, 0.15) is 5.75 Å². The van der Waals surface area contributed by atoms with Crippen molar-refractivity contribution in [2.75, 3.05) is 0 Å². The zero-order valence-electron chi connectivity index (χ0n) is 10.9. The van der Waals surface area contributed by atoms with Crippen LogP contribution in [0.3, 0.4) is 0 Å². The van der Waals surface area contributed by atoms with Crippen LogP contribution in [-0.2, 0) is 11.2 Å². The van der Waals surface area contributed by atoms with Gasteiger partial charge < -0.3 is 10.4 Å². The van der Waals surface area contributed by atoms with Gasteiger partial charge in [-0.05, 0) is 49.0 Å². The smallest absolute Gasteiger partial charge is 0.224 e. The van der Waals surface area contributed by atoms with Gasteiger partial charge in [0.05, 0.1) is 6.42 Å². The van der Waals surface area contributed by atoms with Crippen molar-refractivity contribution in [3.8, 4) is 5.75 Å². The molecule has 0 radical (unpaired) electrons. The first kappa shape index (κ1) is 11.3. The molecule has 3 saturated carbocycles. The zero-order chi connectivity index (χ0) is 13.0. The van der Waals surface area contributed by atoms with Crippen molar-refractivity contribution in [3.05, 3.63) is 29.8 Å². The summed E-state index contributed by atoms with van der Waals surface area (Å²) in [6.07, 6.45) is 4.44. The van der Waals surface area contributed by atoms with Crippen molar-refractivity contribution < 1.29 is 9.90 Å². The van der Waals surface area contributed by atoms with Crippen LogP contribution in [0.25, 0.3) is 0 Å². The van der Waals surface area contributed by atoms with E-state index in [1.165, 1.54) is 19.3 Å². The fourth-order valence-electron chi connectivity index (χ4n) is 4.59. The van der Waals surface area contributed by atoms with Crippen LogP contribution in [-0.4, -0.2) is 17.1 Å². The molecule has 4 unspecified atom stereocenters. The van der Waals surface area contributed by atoms with Crippen LogP contribution in [0.15, 0.2) is 24.3 Å². The van der Waals surface area contributed by atoms with Crippen LogP contribution in [0.1, 0.15) is 24.8 Å². The number of carbonyl (C=O) groups excluding carboxylic acids is 1. The van der Waals surface area contributed by atoms with Crippen molar-refractivity contribution in [3.63, 3.8) is 0 Å². The van der Waals surface area contributed by atoms with Gasteiger partial charge in [-0.1, -0.05) is 18.2 Å². The van der Waals surface area contributed by atoms with Crippen molar-refractivity contribution in [2.24, 2.45) is 23.7 Å². The zero-order valence-corrected chi connectivity index (χ0v) is 10.9. The Morgan fingerprint density at radius 2 is 1.89 bits per heavy atom. The summed E-state index contributed by atoms with van der Waals surface area (Å²) in [5.41, 5.74) is 0.716. The van der Waals surface area contributed by atoms with Crippen LogP contribution < -0.4 is 5.32 Å². The van der Waals surface area contributed by atoms with E-state index >= 15 is 0 Å². The number of phenolic OH excluding ortho intramolecular Hbond substituents is 1. The summed E-state index contributed by atoms with van der Waals surface area (Å²) in [4.78, 5) is 12.1. The van der Waals surface area contributed by atoms with Gasteiger partial charge in [-0.2, -0.15) is 0 Å². The van der Waals surface area contributed by atoms with Crippen LogP contribution in [0, 0.1) is 23.7 Å². The van der Waals surface area contributed by atoms with E-state index in [0.29, 0.717) is 11.6 Å². The van der Waals surface area contributed by atoms with Crippen LogP contribution >= 0.6 is 0 Å². The number of benzene rings is 1. The SMILES string of the molecule is O=C(Cc1ccccc1O)NC1C2C3CCC(C3)C12. The average Bonchev–Trinajstić information content (AvgIpc) is 2.81. The standard InChI is InChI=1S/C16H19NO2/c18-12-4-2-1-3-9(12)8-13(19)17-16-14-10-5-6-11(7-10)15(14)16/h1-4,10-11,14-16,18H,5-8H2,(H,17,19). The van der Waals surface area contributed by atoms with Crippen LogP contribution in [0.5, 0.6) is 5.75 Å². The van der Waals surface area contributed by atoms with E-state index in [9.17, 15) is 9.90 Å². The van der Waals surface area contributed by atoms with Gasteiger partial charge in [0.2, 0.25) is 5.91 Å². The van der Waals surface area contributed by atoms with Gasteiger partial charge in [0.25, 0.3) is 0 Å². The van der Waals surface area contributed by atoms with Crippen LogP contribution in [0.2, 0.25) is 0 Å². The minimum absolute atomic E-state index is 0.0558. The van der Waals surface area contributed by atoms with E-state index in [4.69, 9.17) is 0 Å². The molecule has 3 aliphatic carbocycles. The van der Waals surface area contributed by atoms with Crippen LogP contribution in [0.4, 0.5) is 0 Å². The molecule has 1 aromatic carbocycles. The summed E-state index contributed by atoms with van der Waals surface area (Å²) in [7, 11) is 0. The summed E-state index contributed by atoms with van der Waals surface area (Å²) in [5.74, 6) is 3.57. The van der Waals surface area contributed by atoms with Gasteiger partial charge >= 0.3 is 0 Å². The molecule has 4 atom stereocenters. The molecule has 2 bridgehead atoms. The number of amides is 1. The lowest BCUT2D eigenvalue weighted by Gasteiger charge is -2.11. The Labute approximate surface area is 113 Å². The predicted octanol–water partition coefficient (Wildman–Crippen LogP) is 2.10. The maximum absolute atomic E-state index is 12.1. The Hall–Kier alpha value is -1.51. The first-order valence-electron chi connectivity index (χ1n) is 7.30. The normalized spacial score (nSPS) is 38.0. The maximum atomic E-state index is 12.1. The van der Waals surface area contributed by atoms with Gasteiger partial charge in [0, 0.05) is 11.6 Å². The van der Waals surface area contributed by atoms with Crippen molar-refractivity contribution in [1.29, 1.82) is 0 Å². The highest BCUT2D eigenvalue weighted by Gasteiger charge is 2.65. The number of rotatable bonds is 3. The molecule has 3 fully saturated rings. The Morgan fingerprint density at radius 1 is 1.21 bits per heavy atom. The second kappa shape index (κ2) is 3.99. The molecule has 0 heterocycles. The lowest BCUT2D eigenvalue weighted by Crippen LogP contribution is -2.31. The average molecular weight is 257 g/mol. The monoisotopic (exact) mass is 257 g/mol. The number of carbonyl (C=O) groups is 1. The topological polar surface area (TPSA) is 49.3 Å². The van der Waals surface area contributed by atoms with Crippen molar-refractivity contribution in [1.82, 2.24) is 5.32 Å². The molecular weight excluding hydrogens is 238 g/mol. The molecule has 3 nitrogen and oxygen atoms in total. The first-order valence-corrected chi connectivity index (χ1v) is 7.30. The molecular formula is C16H19NO2. The fourth-order valence-corrected chi connectivity index (χ4v) is 4.59. The molecule has 0 spiro atoms. The number of nitrogens with one attached hydrogen (secondary N) is 1. The largest absolute Gasteiger partial charge is 0.508 e. The summed E-state index contributed by atoms with van der Waals surface area (Å²) < 4.78 is 0. The molecule has 0 saturated heterocycles. The molecule has 19 heavy (non-hydrogen) atoms. The Bertz CT molecular complexity index is 511. The van der Waals surface area contributed by atoms with E-state index in [-0.39, 0.29) is 18.1 Å². The summed E-state index contributed by atoms with van der Waals surface area (Å²) in [6.45, 7) is 0. The third kappa shape index (κ3) is 1.75. The second-order valence-electron chi connectivity index (χ2n) is 6.39. The molecule has 1 amide bonds. The van der Waals surface area contributed by atoms with E-state index < -0.39 is 0 Å². The summed E-state index contributed by atoms with van der Waals surface area (Å²) in [5, 5.41) is 12.9. The lowest BCUT2D eigenvalue weighted by molar-refractivity contribution is -0.120. The van der Waals surface area contributed by atoms with Gasteiger partial charge in [-0.3, -0.25) is 4.79 Å². The fraction of sp³-hybridized carbons (Fsp3) is 0.562. The Kier molecular flexibility index (Phi) is 2.38. The number of hydrogen-bond donors (Lipinski definition) is 2. The molecule has 100 valence electrons. The Balaban J connectivity index is 1.38. The number of phenols is 1. The first-order chi connectivity index (χ1) is 9.24. The maximum Gasteiger partial charge on any atom is 0.224 e. The quantitative estimate of drug-likeness (QED) is 0.871. The third-order valence-corrected chi connectivity index (χ3v) is 5.41. The van der Waals surface area contributed by atoms with Crippen molar-refractivity contribution in [2.45, 2.75) is 31.7 Å². The van der Waals surface area contributed by atoms with Gasteiger partial charge in [-0.25, -0.2) is 0 Å². The second-order valence-corrected chi connectivity index (χ2v) is 6.39. The Morgan fingerprint density at radius 3 is 2.58 bits per heavy atom. The minimum atomic E-state index is 0.0558. The molecule has 0 aromatic heterocycles. The number of hydrogen-bond acceptors (Lipinski definition) is 2. The number of fused-ring (bicyclic) bond motifs is 5. The third-order valence-electron chi connectivity index (χ3n) is 5.41. The van der Waals surface area contributed by atoms with E-state index in [1.807, 2.05) is 12.1 Å². The molecule has 2 N–H and O–H groups in total. The molecule has 4 rings (SSSR count).